The molecule has 0 aromatic carbocycles. The van der Waals surface area contributed by atoms with Crippen LogP contribution in [0, 0.1) is 5.92 Å². The third kappa shape index (κ3) is 4.86. The van der Waals surface area contributed by atoms with Crippen LogP contribution in [-0.2, 0) is 9.53 Å². The van der Waals surface area contributed by atoms with Crippen LogP contribution in [-0.4, -0.2) is 54.7 Å². The summed E-state index contributed by atoms with van der Waals surface area (Å²) in [5, 5.41) is 8.75. The Morgan fingerprint density at radius 3 is 2.68 bits per heavy atom. The third-order valence-electron chi connectivity index (χ3n) is 4.39. The van der Waals surface area contributed by atoms with Gasteiger partial charge in [0.25, 0.3) is 0 Å². The summed E-state index contributed by atoms with van der Waals surface area (Å²) >= 11 is 0. The SMILES string of the molecule is O=C1CCCCCC1CN1CCC(OCCO)CC1. The number of carbonyl (C=O) groups is 1. The van der Waals surface area contributed by atoms with Crippen molar-refractivity contribution in [3.63, 3.8) is 0 Å². The number of hydrogen-bond donors (Lipinski definition) is 1. The molecule has 0 aromatic rings. The Hall–Kier alpha value is -0.450. The van der Waals surface area contributed by atoms with Crippen molar-refractivity contribution in [2.45, 2.75) is 51.0 Å². The van der Waals surface area contributed by atoms with Crippen molar-refractivity contribution < 1.29 is 14.6 Å². The predicted molar refractivity (Wildman–Crippen MR) is 74.1 cm³/mol. The van der Waals surface area contributed by atoms with E-state index >= 15 is 0 Å². The van der Waals surface area contributed by atoms with Crippen molar-refractivity contribution in [3.05, 3.63) is 0 Å². The number of aliphatic hydroxyl groups is 1. The molecule has 4 heteroatoms. The van der Waals surface area contributed by atoms with Crippen LogP contribution in [0.3, 0.4) is 0 Å². The van der Waals surface area contributed by atoms with E-state index < -0.39 is 0 Å². The van der Waals surface area contributed by atoms with E-state index in [2.05, 4.69) is 4.90 Å². The Balaban J connectivity index is 1.70. The quantitative estimate of drug-likeness (QED) is 0.770. The lowest BCUT2D eigenvalue weighted by molar-refractivity contribution is -0.123. The van der Waals surface area contributed by atoms with Crippen LogP contribution in [0.5, 0.6) is 0 Å². The molecule has 2 aliphatic rings. The van der Waals surface area contributed by atoms with Gasteiger partial charge >= 0.3 is 0 Å². The number of hydrogen-bond acceptors (Lipinski definition) is 4. The summed E-state index contributed by atoms with van der Waals surface area (Å²) in [6.07, 6.45) is 7.76. The molecule has 1 N–H and O–H groups in total. The van der Waals surface area contributed by atoms with Gasteiger partial charge in [-0.2, -0.15) is 0 Å². The third-order valence-corrected chi connectivity index (χ3v) is 4.39. The number of aliphatic hydroxyl groups excluding tert-OH is 1. The largest absolute Gasteiger partial charge is 0.394 e. The summed E-state index contributed by atoms with van der Waals surface area (Å²) < 4.78 is 5.57. The molecular formula is C15H27NO3. The van der Waals surface area contributed by atoms with Gasteiger partial charge in [0, 0.05) is 32.0 Å². The van der Waals surface area contributed by atoms with Crippen LogP contribution in [0.25, 0.3) is 0 Å². The van der Waals surface area contributed by atoms with Crippen molar-refractivity contribution in [2.24, 2.45) is 5.92 Å². The number of rotatable bonds is 5. The number of nitrogens with zero attached hydrogens (tertiary/aromatic N) is 1. The first kappa shape index (κ1) is 14.9. The average Bonchev–Trinajstić information content (AvgIpc) is 2.63. The van der Waals surface area contributed by atoms with E-state index in [0.29, 0.717) is 18.5 Å². The van der Waals surface area contributed by atoms with E-state index in [4.69, 9.17) is 9.84 Å². The van der Waals surface area contributed by atoms with Gasteiger partial charge in [-0.3, -0.25) is 4.79 Å². The fourth-order valence-electron chi connectivity index (χ4n) is 3.21. The van der Waals surface area contributed by atoms with Gasteiger partial charge in [0.15, 0.2) is 0 Å². The van der Waals surface area contributed by atoms with E-state index in [1.165, 1.54) is 12.8 Å². The van der Waals surface area contributed by atoms with Crippen LogP contribution >= 0.6 is 0 Å². The van der Waals surface area contributed by atoms with E-state index in [-0.39, 0.29) is 12.5 Å². The second-order valence-electron chi connectivity index (χ2n) is 5.86. The average molecular weight is 269 g/mol. The van der Waals surface area contributed by atoms with Gasteiger partial charge in [0.2, 0.25) is 0 Å². The summed E-state index contributed by atoms with van der Waals surface area (Å²) in [7, 11) is 0. The molecule has 0 amide bonds. The molecule has 1 aliphatic carbocycles. The molecule has 1 atom stereocenters. The van der Waals surface area contributed by atoms with E-state index in [0.717, 1.165) is 51.7 Å². The van der Waals surface area contributed by atoms with Crippen LogP contribution in [0.1, 0.15) is 44.9 Å². The monoisotopic (exact) mass is 269 g/mol. The topological polar surface area (TPSA) is 49.8 Å². The molecule has 1 unspecified atom stereocenters. The van der Waals surface area contributed by atoms with Gasteiger partial charge in [-0.1, -0.05) is 12.8 Å². The molecule has 2 rings (SSSR count). The van der Waals surface area contributed by atoms with Crippen molar-refractivity contribution in [3.8, 4) is 0 Å². The molecule has 110 valence electrons. The summed E-state index contributed by atoms with van der Waals surface area (Å²) in [6.45, 7) is 3.56. The van der Waals surface area contributed by atoms with Gasteiger partial charge in [-0.25, -0.2) is 0 Å². The van der Waals surface area contributed by atoms with E-state index in [1.54, 1.807) is 0 Å². The maximum Gasteiger partial charge on any atom is 0.137 e. The first-order chi connectivity index (χ1) is 9.29. The minimum absolute atomic E-state index is 0.108. The normalized spacial score (nSPS) is 27.4. The molecule has 1 aliphatic heterocycles. The lowest BCUT2D eigenvalue weighted by atomic mass is 9.97. The molecule has 2 fully saturated rings. The lowest BCUT2D eigenvalue weighted by Crippen LogP contribution is -2.41. The summed E-state index contributed by atoms with van der Waals surface area (Å²) in [6, 6.07) is 0. The highest BCUT2D eigenvalue weighted by atomic mass is 16.5. The minimum Gasteiger partial charge on any atom is -0.394 e. The van der Waals surface area contributed by atoms with E-state index in [9.17, 15) is 4.79 Å². The molecule has 1 saturated heterocycles. The molecule has 0 spiro atoms. The first-order valence-corrected chi connectivity index (χ1v) is 7.77. The molecule has 1 saturated carbocycles. The minimum atomic E-state index is 0.108. The fourth-order valence-corrected chi connectivity index (χ4v) is 3.21. The molecule has 0 aromatic heterocycles. The van der Waals surface area contributed by atoms with Gasteiger partial charge in [0.1, 0.15) is 5.78 Å². The number of piperidine rings is 1. The van der Waals surface area contributed by atoms with Gasteiger partial charge in [0.05, 0.1) is 19.3 Å². The molecule has 4 nitrogen and oxygen atoms in total. The van der Waals surface area contributed by atoms with Crippen LogP contribution in [0.15, 0.2) is 0 Å². The fraction of sp³-hybridized carbons (Fsp3) is 0.933. The lowest BCUT2D eigenvalue weighted by Gasteiger charge is -2.33. The standard InChI is InChI=1S/C15H27NO3/c17-10-11-19-14-6-8-16(9-7-14)12-13-4-2-1-3-5-15(13)18/h13-14,17H,1-12H2. The zero-order valence-electron chi connectivity index (χ0n) is 11.9. The molecular weight excluding hydrogens is 242 g/mol. The Morgan fingerprint density at radius 1 is 1.16 bits per heavy atom. The zero-order chi connectivity index (χ0) is 13.5. The van der Waals surface area contributed by atoms with Crippen LogP contribution < -0.4 is 0 Å². The highest BCUT2D eigenvalue weighted by Gasteiger charge is 2.26. The van der Waals surface area contributed by atoms with Crippen molar-refractivity contribution in [1.29, 1.82) is 0 Å². The number of Topliss-reactive ketones (excluding diaryl/α,β-unsaturated/α-hetero) is 1. The number of ketones is 1. The summed E-state index contributed by atoms with van der Waals surface area (Å²) in [5.41, 5.74) is 0. The first-order valence-electron chi connectivity index (χ1n) is 7.77. The molecule has 1 heterocycles. The van der Waals surface area contributed by atoms with E-state index in [1.807, 2.05) is 0 Å². The Labute approximate surface area is 116 Å². The Bertz CT molecular complexity index is 275. The Kier molecular flexibility index (Phi) is 6.28. The second kappa shape index (κ2) is 7.98. The second-order valence-corrected chi connectivity index (χ2v) is 5.86. The smallest absolute Gasteiger partial charge is 0.137 e. The van der Waals surface area contributed by atoms with Gasteiger partial charge in [-0.15, -0.1) is 0 Å². The zero-order valence-corrected chi connectivity index (χ0v) is 11.9. The van der Waals surface area contributed by atoms with Crippen LogP contribution in [0.4, 0.5) is 0 Å². The van der Waals surface area contributed by atoms with Crippen LogP contribution in [0.2, 0.25) is 0 Å². The molecule has 19 heavy (non-hydrogen) atoms. The predicted octanol–water partition coefficient (Wildman–Crippen LogP) is 1.61. The maximum absolute atomic E-state index is 12.0. The molecule has 0 radical (unpaired) electrons. The van der Waals surface area contributed by atoms with Crippen molar-refractivity contribution in [1.82, 2.24) is 4.90 Å². The summed E-state index contributed by atoms with van der Waals surface area (Å²) in [4.78, 5) is 14.4. The Morgan fingerprint density at radius 2 is 1.95 bits per heavy atom. The van der Waals surface area contributed by atoms with Crippen molar-refractivity contribution in [2.75, 3.05) is 32.8 Å². The van der Waals surface area contributed by atoms with Gasteiger partial charge in [-0.05, 0) is 25.7 Å². The van der Waals surface area contributed by atoms with Crippen molar-refractivity contribution >= 4 is 5.78 Å². The maximum atomic E-state index is 12.0. The number of likely N-dealkylation sites (tertiary alicyclic amines) is 1. The number of carbonyl (C=O) groups excluding carboxylic acids is 1. The highest BCUT2D eigenvalue weighted by Crippen LogP contribution is 2.23. The summed E-state index contributed by atoms with van der Waals surface area (Å²) in [5.74, 6) is 0.758. The molecule has 0 bridgehead atoms. The van der Waals surface area contributed by atoms with Gasteiger partial charge < -0.3 is 14.7 Å². The number of ether oxygens (including phenoxy) is 1. The highest BCUT2D eigenvalue weighted by molar-refractivity contribution is 5.81.